The molecule has 2 bridgehead atoms. The number of nitrogens with zero attached hydrogens (tertiary/aromatic N) is 2. The molecule has 1 aromatic heterocycles. The van der Waals surface area contributed by atoms with E-state index in [2.05, 4.69) is 15.3 Å². The molecule has 5 nitrogen and oxygen atoms in total. The van der Waals surface area contributed by atoms with E-state index in [4.69, 9.17) is 4.74 Å². The van der Waals surface area contributed by atoms with E-state index in [9.17, 15) is 4.79 Å². The van der Waals surface area contributed by atoms with Crippen LogP contribution in [0.4, 0.5) is 0 Å². The molecule has 0 radical (unpaired) electrons. The highest BCUT2D eigenvalue weighted by atomic mass is 16.5. The summed E-state index contributed by atoms with van der Waals surface area (Å²) < 4.78 is 5.66. The lowest BCUT2D eigenvalue weighted by Crippen LogP contribution is -2.51. The molecule has 0 unspecified atom stereocenters. The Hall–Kier alpha value is -1.49. The van der Waals surface area contributed by atoms with Crippen molar-refractivity contribution in [3.05, 3.63) is 24.3 Å². The van der Waals surface area contributed by atoms with E-state index in [1.807, 2.05) is 0 Å². The quantitative estimate of drug-likeness (QED) is 0.867. The second-order valence-corrected chi connectivity index (χ2v) is 5.17. The molecule has 1 aliphatic carbocycles. The lowest BCUT2D eigenvalue weighted by atomic mass is 9.70. The maximum atomic E-state index is 12.3. The minimum Gasteiger partial charge on any atom is -0.377 e. The minimum absolute atomic E-state index is 0.103. The van der Waals surface area contributed by atoms with Gasteiger partial charge in [-0.25, -0.2) is 0 Å². The molecule has 1 aromatic rings. The molecule has 0 aromatic carbocycles. The van der Waals surface area contributed by atoms with Gasteiger partial charge >= 0.3 is 0 Å². The van der Waals surface area contributed by atoms with Crippen LogP contribution >= 0.6 is 0 Å². The van der Waals surface area contributed by atoms with Gasteiger partial charge in [-0.05, 0) is 25.7 Å². The van der Waals surface area contributed by atoms with Crippen molar-refractivity contribution in [1.82, 2.24) is 15.3 Å². The van der Waals surface area contributed by atoms with Gasteiger partial charge in [0.25, 0.3) is 0 Å². The lowest BCUT2D eigenvalue weighted by Gasteiger charge is -2.44. The van der Waals surface area contributed by atoms with Crippen molar-refractivity contribution in [1.29, 1.82) is 0 Å². The van der Waals surface area contributed by atoms with Gasteiger partial charge in [0, 0.05) is 12.4 Å². The van der Waals surface area contributed by atoms with Gasteiger partial charge in [0.2, 0.25) is 5.91 Å². The fourth-order valence-corrected chi connectivity index (χ4v) is 2.80. The van der Waals surface area contributed by atoms with E-state index in [-0.39, 0.29) is 11.3 Å². The zero-order chi connectivity index (χ0) is 12.4. The van der Waals surface area contributed by atoms with Gasteiger partial charge < -0.3 is 10.1 Å². The SMILES string of the molecule is O=C(NCc1cnccn1)C12CCC(CC1)OC2. The molecule has 3 fully saturated rings. The normalized spacial score (nSPS) is 30.1. The molecule has 96 valence electrons. The van der Waals surface area contributed by atoms with Crippen LogP contribution in [0.3, 0.4) is 0 Å². The Labute approximate surface area is 106 Å². The Bertz CT molecular complexity index is 413. The third kappa shape index (κ3) is 2.10. The molecule has 18 heavy (non-hydrogen) atoms. The summed E-state index contributed by atoms with van der Waals surface area (Å²) in [6.45, 7) is 1.02. The predicted molar refractivity (Wildman–Crippen MR) is 64.5 cm³/mol. The highest BCUT2D eigenvalue weighted by molar-refractivity contribution is 5.83. The number of nitrogens with one attached hydrogen (secondary N) is 1. The third-order valence-electron chi connectivity index (χ3n) is 4.01. The average Bonchev–Trinajstić information content (AvgIpc) is 2.48. The van der Waals surface area contributed by atoms with Gasteiger partial charge in [0.05, 0.1) is 36.6 Å². The average molecular weight is 247 g/mol. The van der Waals surface area contributed by atoms with Gasteiger partial charge in [-0.15, -0.1) is 0 Å². The van der Waals surface area contributed by atoms with E-state index < -0.39 is 0 Å². The summed E-state index contributed by atoms with van der Waals surface area (Å²) in [5.74, 6) is 0.103. The summed E-state index contributed by atoms with van der Waals surface area (Å²) in [4.78, 5) is 20.4. The van der Waals surface area contributed by atoms with Gasteiger partial charge in [-0.2, -0.15) is 0 Å². The number of ether oxygens (including phenoxy) is 1. The standard InChI is InChI=1S/C13H17N3O2/c17-12(16-8-10-7-14-5-6-15-10)13-3-1-11(2-4-13)18-9-13/h5-7,11H,1-4,8-9H2,(H,16,17). The largest absolute Gasteiger partial charge is 0.377 e. The molecule has 2 saturated heterocycles. The number of fused-ring (bicyclic) bond motifs is 3. The molecule has 1 amide bonds. The summed E-state index contributed by atoms with van der Waals surface area (Å²) in [6.07, 6.45) is 9.24. The fraction of sp³-hybridized carbons (Fsp3) is 0.615. The zero-order valence-corrected chi connectivity index (χ0v) is 10.3. The minimum atomic E-state index is -0.295. The van der Waals surface area contributed by atoms with Crippen molar-refractivity contribution in [3.8, 4) is 0 Å². The van der Waals surface area contributed by atoms with Gasteiger partial charge in [0.15, 0.2) is 0 Å². The van der Waals surface area contributed by atoms with Crippen LogP contribution in [0.2, 0.25) is 0 Å². The summed E-state index contributed by atoms with van der Waals surface area (Å²) in [5, 5.41) is 2.96. The second-order valence-electron chi connectivity index (χ2n) is 5.17. The molecule has 2 aliphatic heterocycles. The number of amides is 1. The van der Waals surface area contributed by atoms with Crippen LogP contribution in [0.1, 0.15) is 31.4 Å². The van der Waals surface area contributed by atoms with E-state index in [1.54, 1.807) is 18.6 Å². The van der Waals surface area contributed by atoms with Crippen LogP contribution in [-0.4, -0.2) is 28.6 Å². The number of carbonyl (C=O) groups is 1. The maximum Gasteiger partial charge on any atom is 0.228 e. The lowest BCUT2D eigenvalue weighted by molar-refractivity contribution is -0.157. The van der Waals surface area contributed by atoms with Crippen LogP contribution in [-0.2, 0) is 16.1 Å². The van der Waals surface area contributed by atoms with Crippen molar-refractivity contribution in [2.75, 3.05) is 6.61 Å². The molecule has 1 saturated carbocycles. The molecule has 3 aliphatic rings. The highest BCUT2D eigenvalue weighted by Gasteiger charge is 2.46. The molecule has 1 N–H and O–H groups in total. The van der Waals surface area contributed by atoms with Crippen molar-refractivity contribution < 1.29 is 9.53 Å². The van der Waals surface area contributed by atoms with E-state index in [1.165, 1.54) is 0 Å². The smallest absolute Gasteiger partial charge is 0.228 e. The summed E-state index contributed by atoms with van der Waals surface area (Å²) in [5.41, 5.74) is 0.490. The molecular formula is C13H17N3O2. The van der Waals surface area contributed by atoms with Crippen molar-refractivity contribution in [3.63, 3.8) is 0 Å². The molecule has 0 atom stereocenters. The van der Waals surface area contributed by atoms with Gasteiger partial charge in [-0.3, -0.25) is 14.8 Å². The monoisotopic (exact) mass is 247 g/mol. The first-order chi connectivity index (χ1) is 8.78. The Morgan fingerprint density at radius 2 is 2.28 bits per heavy atom. The molecule has 4 rings (SSSR count). The summed E-state index contributed by atoms with van der Waals surface area (Å²) >= 11 is 0. The van der Waals surface area contributed by atoms with Crippen LogP contribution in [0, 0.1) is 5.41 Å². The number of aromatic nitrogens is 2. The molecule has 0 spiro atoms. The first kappa shape index (κ1) is 11.6. The van der Waals surface area contributed by atoms with Crippen LogP contribution in [0.15, 0.2) is 18.6 Å². The van der Waals surface area contributed by atoms with Gasteiger partial charge in [0.1, 0.15) is 0 Å². The van der Waals surface area contributed by atoms with E-state index in [0.717, 1.165) is 31.4 Å². The molecular weight excluding hydrogens is 230 g/mol. The summed E-state index contributed by atoms with van der Waals surface area (Å²) in [6, 6.07) is 0. The Balaban J connectivity index is 1.61. The maximum absolute atomic E-state index is 12.3. The summed E-state index contributed by atoms with van der Waals surface area (Å²) in [7, 11) is 0. The second kappa shape index (κ2) is 4.65. The Kier molecular flexibility index (Phi) is 2.99. The third-order valence-corrected chi connectivity index (χ3v) is 4.01. The molecule has 5 heteroatoms. The number of hydrogen-bond donors (Lipinski definition) is 1. The van der Waals surface area contributed by atoms with Crippen molar-refractivity contribution >= 4 is 5.91 Å². The van der Waals surface area contributed by atoms with E-state index in [0.29, 0.717) is 19.3 Å². The van der Waals surface area contributed by atoms with Crippen LogP contribution in [0.5, 0.6) is 0 Å². The van der Waals surface area contributed by atoms with Crippen LogP contribution < -0.4 is 5.32 Å². The van der Waals surface area contributed by atoms with E-state index >= 15 is 0 Å². The van der Waals surface area contributed by atoms with Crippen LogP contribution in [0.25, 0.3) is 0 Å². The first-order valence-electron chi connectivity index (χ1n) is 6.43. The first-order valence-corrected chi connectivity index (χ1v) is 6.43. The predicted octanol–water partition coefficient (Wildman–Crippen LogP) is 1.05. The zero-order valence-electron chi connectivity index (χ0n) is 10.3. The highest BCUT2D eigenvalue weighted by Crippen LogP contribution is 2.43. The number of hydrogen-bond acceptors (Lipinski definition) is 4. The topological polar surface area (TPSA) is 64.1 Å². The number of rotatable bonds is 3. The molecule has 3 heterocycles. The fourth-order valence-electron chi connectivity index (χ4n) is 2.80. The van der Waals surface area contributed by atoms with Crippen molar-refractivity contribution in [2.24, 2.45) is 5.41 Å². The number of carbonyl (C=O) groups excluding carboxylic acids is 1. The Morgan fingerprint density at radius 3 is 2.89 bits per heavy atom. The van der Waals surface area contributed by atoms with Crippen molar-refractivity contribution in [2.45, 2.75) is 38.3 Å². The van der Waals surface area contributed by atoms with Gasteiger partial charge in [-0.1, -0.05) is 0 Å². The Morgan fingerprint density at radius 1 is 1.44 bits per heavy atom.